The van der Waals surface area contributed by atoms with Gasteiger partial charge in [-0.3, -0.25) is 9.52 Å². The van der Waals surface area contributed by atoms with Gasteiger partial charge in [-0.1, -0.05) is 206 Å². The number of ether oxygens (including phenoxy) is 1. The fourth-order valence-corrected chi connectivity index (χ4v) is 8.69. The van der Waals surface area contributed by atoms with Crippen molar-refractivity contribution in [1.82, 2.24) is 0 Å². The molecule has 2 rings (SSSR count). The Hall–Kier alpha value is -2.74. The van der Waals surface area contributed by atoms with E-state index in [0.29, 0.717) is 35.7 Å². The highest BCUT2D eigenvalue weighted by Gasteiger charge is 2.15. The number of phenols is 1. The Balaban J connectivity index is 1.69. The third-order valence-electron chi connectivity index (χ3n) is 11.1. The molecule has 326 valence electrons. The molecule has 0 saturated carbocycles. The van der Waals surface area contributed by atoms with Crippen LogP contribution in [0.1, 0.15) is 230 Å². The molecule has 2 aromatic carbocycles. The number of nitrogens with one attached hydrogen (secondary N) is 2. The number of carbonyl (C=O) groups excluding carboxylic acids is 1. The van der Waals surface area contributed by atoms with Crippen LogP contribution < -0.4 is 14.8 Å². The van der Waals surface area contributed by atoms with Crippen LogP contribution in [0, 0.1) is 0 Å². The summed E-state index contributed by atoms with van der Waals surface area (Å²) in [5.74, 6) is 0.241. The van der Waals surface area contributed by atoms with Crippen LogP contribution in [-0.2, 0) is 10.0 Å². The number of anilines is 2. The fourth-order valence-electron chi connectivity index (χ4n) is 7.53. The van der Waals surface area contributed by atoms with Crippen LogP contribution in [0.4, 0.5) is 11.4 Å². The summed E-state index contributed by atoms with van der Waals surface area (Å²) in [6.07, 6.45) is 40.7. The van der Waals surface area contributed by atoms with E-state index in [1.165, 1.54) is 179 Å². The summed E-state index contributed by atoms with van der Waals surface area (Å²) >= 11 is 0. The molecule has 0 bridgehead atoms. The quantitative estimate of drug-likeness (QED) is 0.0461. The van der Waals surface area contributed by atoms with Crippen LogP contribution in [0.5, 0.6) is 11.5 Å². The van der Waals surface area contributed by atoms with E-state index < -0.39 is 10.0 Å². The third-order valence-corrected chi connectivity index (χ3v) is 12.5. The molecule has 0 heterocycles. The molecule has 0 spiro atoms. The van der Waals surface area contributed by atoms with Crippen molar-refractivity contribution in [2.45, 2.75) is 219 Å². The van der Waals surface area contributed by atoms with Gasteiger partial charge in [0.25, 0.3) is 5.91 Å². The highest BCUT2D eigenvalue weighted by atomic mass is 32.2. The average Bonchev–Trinajstić information content (AvgIpc) is 3.19. The summed E-state index contributed by atoms with van der Waals surface area (Å²) in [6.45, 7) is 5.05. The maximum atomic E-state index is 13.2. The first-order valence-corrected chi connectivity index (χ1v) is 25.4. The largest absolute Gasteiger partial charge is 0.508 e. The lowest BCUT2D eigenvalue weighted by atomic mass is 10.0. The topological polar surface area (TPSA) is 105 Å². The van der Waals surface area contributed by atoms with Gasteiger partial charge in [0.15, 0.2) is 0 Å². The second-order valence-corrected chi connectivity index (χ2v) is 18.5. The van der Waals surface area contributed by atoms with Crippen molar-refractivity contribution in [2.24, 2.45) is 0 Å². The van der Waals surface area contributed by atoms with Crippen LogP contribution >= 0.6 is 0 Å². The molecule has 3 N–H and O–H groups in total. The molecular weight excluding hydrogens is 729 g/mol. The zero-order valence-corrected chi connectivity index (χ0v) is 37.4. The molecule has 57 heavy (non-hydrogen) atoms. The van der Waals surface area contributed by atoms with E-state index in [4.69, 9.17) is 4.74 Å². The van der Waals surface area contributed by atoms with Gasteiger partial charge >= 0.3 is 0 Å². The van der Waals surface area contributed by atoms with Gasteiger partial charge in [-0.25, -0.2) is 8.42 Å². The Morgan fingerprint density at radius 3 is 1.32 bits per heavy atom. The molecule has 0 aliphatic rings. The smallest absolute Gasteiger partial charge is 0.255 e. The number of benzene rings is 2. The predicted octanol–water partition coefficient (Wildman–Crippen LogP) is 15.3. The number of carbonyl (C=O) groups is 1. The Morgan fingerprint density at radius 1 is 0.509 bits per heavy atom. The predicted molar refractivity (Wildman–Crippen MR) is 244 cm³/mol. The number of sulfonamides is 1. The lowest BCUT2D eigenvalue weighted by Gasteiger charge is -2.14. The van der Waals surface area contributed by atoms with Gasteiger partial charge in [0.2, 0.25) is 10.0 Å². The molecule has 0 aromatic heterocycles. The van der Waals surface area contributed by atoms with Crippen molar-refractivity contribution in [3.05, 3.63) is 48.0 Å². The molecule has 8 heteroatoms. The van der Waals surface area contributed by atoms with Crippen LogP contribution in [0.2, 0.25) is 0 Å². The Kier molecular flexibility index (Phi) is 30.2. The number of aromatic hydroxyl groups is 1. The maximum Gasteiger partial charge on any atom is 0.255 e. The fraction of sp³-hybridized carbons (Fsp3) is 0.735. The van der Waals surface area contributed by atoms with Gasteiger partial charge in [-0.15, -0.1) is 0 Å². The zero-order valence-electron chi connectivity index (χ0n) is 36.6. The third kappa shape index (κ3) is 28.3. The maximum absolute atomic E-state index is 13.2. The second-order valence-electron chi connectivity index (χ2n) is 16.6. The van der Waals surface area contributed by atoms with Gasteiger partial charge in [0.1, 0.15) is 11.5 Å². The van der Waals surface area contributed by atoms with E-state index in [0.717, 1.165) is 32.1 Å². The van der Waals surface area contributed by atoms with Crippen molar-refractivity contribution in [3.63, 3.8) is 0 Å². The molecule has 1 amide bonds. The van der Waals surface area contributed by atoms with E-state index in [9.17, 15) is 18.3 Å². The van der Waals surface area contributed by atoms with Gasteiger partial charge in [-0.2, -0.15) is 0 Å². The summed E-state index contributed by atoms with van der Waals surface area (Å²) in [6, 6.07) is 11.1. The molecule has 0 unspecified atom stereocenters. The SMILES string of the molecule is CCCCCCCCCCCCCCCCCCOc1cc(NS(=O)(=O)CCCCCCCCCCCCCCCCCC)cc(C(=O)Nc2ccc(O)cc2)c1. The van der Waals surface area contributed by atoms with E-state index in [1.807, 2.05) is 0 Å². The molecule has 0 aliphatic carbocycles. The minimum Gasteiger partial charge on any atom is -0.508 e. The van der Waals surface area contributed by atoms with Crippen molar-refractivity contribution in [3.8, 4) is 11.5 Å². The highest BCUT2D eigenvalue weighted by Crippen LogP contribution is 2.25. The van der Waals surface area contributed by atoms with Gasteiger partial charge < -0.3 is 15.2 Å². The minimum absolute atomic E-state index is 0.0464. The molecule has 7 nitrogen and oxygen atoms in total. The van der Waals surface area contributed by atoms with Gasteiger partial charge in [0.05, 0.1) is 18.0 Å². The summed E-state index contributed by atoms with van der Waals surface area (Å²) < 4.78 is 35.0. The van der Waals surface area contributed by atoms with Crippen molar-refractivity contribution >= 4 is 27.3 Å². The van der Waals surface area contributed by atoms with E-state index in [1.54, 1.807) is 30.3 Å². The summed E-state index contributed by atoms with van der Waals surface area (Å²) in [5, 5.41) is 12.5. The molecular formula is C49H84N2O5S. The highest BCUT2D eigenvalue weighted by molar-refractivity contribution is 7.92. The molecule has 2 aromatic rings. The van der Waals surface area contributed by atoms with E-state index in [2.05, 4.69) is 23.9 Å². The van der Waals surface area contributed by atoms with E-state index in [-0.39, 0.29) is 17.4 Å². The molecule has 0 atom stereocenters. The summed E-state index contributed by atoms with van der Waals surface area (Å²) in [5.41, 5.74) is 1.15. The molecule has 0 aliphatic heterocycles. The van der Waals surface area contributed by atoms with Crippen molar-refractivity contribution < 1.29 is 23.1 Å². The van der Waals surface area contributed by atoms with Gasteiger partial charge in [-0.05, 0) is 49.2 Å². The first-order chi connectivity index (χ1) is 27.8. The Labute approximate surface area is 350 Å². The standard InChI is InChI=1S/C49H84N2O5S/c1-3-5-7-9-11-13-15-17-19-21-23-25-27-29-31-33-39-56-48-42-44(49(53)50-45-35-37-47(52)38-36-45)41-46(43-48)51-57(54,55)40-34-32-30-28-26-24-22-20-18-16-14-12-10-8-6-4-2/h35-38,41-43,51-52H,3-34,39-40H2,1-2H3,(H,50,53). The van der Waals surface area contributed by atoms with Crippen LogP contribution in [0.15, 0.2) is 42.5 Å². The monoisotopic (exact) mass is 813 g/mol. The molecule has 0 fully saturated rings. The van der Waals surface area contributed by atoms with Crippen LogP contribution in [-0.4, -0.2) is 31.8 Å². The Morgan fingerprint density at radius 2 is 0.895 bits per heavy atom. The minimum atomic E-state index is -3.59. The summed E-state index contributed by atoms with van der Waals surface area (Å²) in [4.78, 5) is 13.2. The number of hydrogen-bond acceptors (Lipinski definition) is 5. The van der Waals surface area contributed by atoms with Crippen LogP contribution in [0.25, 0.3) is 0 Å². The number of phenolic OH excluding ortho intramolecular Hbond substituents is 1. The zero-order chi connectivity index (χ0) is 41.1. The first kappa shape index (κ1) is 50.4. The Bertz CT molecular complexity index is 1360. The number of unbranched alkanes of at least 4 members (excludes halogenated alkanes) is 30. The number of amides is 1. The average molecular weight is 813 g/mol. The van der Waals surface area contributed by atoms with Crippen LogP contribution in [0.3, 0.4) is 0 Å². The molecule has 0 radical (unpaired) electrons. The summed E-state index contributed by atoms with van der Waals surface area (Å²) in [7, 11) is -3.59. The lowest BCUT2D eigenvalue weighted by molar-refractivity contribution is 0.102. The van der Waals surface area contributed by atoms with Gasteiger partial charge in [0, 0.05) is 17.3 Å². The first-order valence-electron chi connectivity index (χ1n) is 23.7. The molecule has 0 saturated heterocycles. The lowest BCUT2D eigenvalue weighted by Crippen LogP contribution is -2.18. The number of rotatable bonds is 39. The van der Waals surface area contributed by atoms with Crippen molar-refractivity contribution in [2.75, 3.05) is 22.4 Å². The second kappa shape index (κ2) is 34.2. The number of hydrogen-bond donors (Lipinski definition) is 3. The normalized spacial score (nSPS) is 11.5. The van der Waals surface area contributed by atoms with Crippen molar-refractivity contribution in [1.29, 1.82) is 0 Å². The van der Waals surface area contributed by atoms with E-state index >= 15 is 0 Å².